The van der Waals surface area contributed by atoms with Gasteiger partial charge in [0.05, 0.1) is 7.11 Å². The van der Waals surface area contributed by atoms with Crippen LogP contribution in [0.4, 0.5) is 0 Å². The number of aromatic amines is 1. The minimum absolute atomic E-state index is 0.0723. The van der Waals surface area contributed by atoms with Crippen molar-refractivity contribution in [3.63, 3.8) is 0 Å². The number of nitrogens with one attached hydrogen (secondary N) is 1. The van der Waals surface area contributed by atoms with Gasteiger partial charge in [0, 0.05) is 28.9 Å². The lowest BCUT2D eigenvalue weighted by Crippen LogP contribution is -2.14. The fraction of sp³-hybridized carbons (Fsp3) is 0.211. The second kappa shape index (κ2) is 8.94. The van der Waals surface area contributed by atoms with Crippen LogP contribution in [0.15, 0.2) is 54.9 Å². The quantitative estimate of drug-likeness (QED) is 0.544. The Hall–Kier alpha value is -2.21. The van der Waals surface area contributed by atoms with Gasteiger partial charge in [-0.1, -0.05) is 29.3 Å². The third-order valence-electron chi connectivity index (χ3n) is 3.80. The minimum Gasteiger partial charge on any atom is -0.497 e. The predicted octanol–water partition coefficient (Wildman–Crippen LogP) is 5.06. The lowest BCUT2D eigenvalue weighted by atomic mass is 10.1. The minimum atomic E-state index is -0.332. The van der Waals surface area contributed by atoms with E-state index in [2.05, 4.69) is 9.97 Å². The van der Waals surface area contributed by atoms with Crippen LogP contribution >= 0.6 is 23.2 Å². The smallest absolute Gasteiger partial charge is 0.189 e. The molecule has 3 aromatic rings. The summed E-state index contributed by atoms with van der Waals surface area (Å²) in [7, 11) is 1.62. The molecule has 0 saturated heterocycles. The van der Waals surface area contributed by atoms with E-state index in [1.54, 1.807) is 31.6 Å². The fourth-order valence-corrected chi connectivity index (χ4v) is 2.92. The van der Waals surface area contributed by atoms with Crippen LogP contribution < -0.4 is 9.47 Å². The number of nitrogens with zero attached hydrogens (tertiary/aromatic N) is 1. The maximum Gasteiger partial charge on any atom is 0.189 e. The predicted molar refractivity (Wildman–Crippen MR) is 101 cm³/mol. The van der Waals surface area contributed by atoms with Crippen LogP contribution in [-0.4, -0.2) is 23.9 Å². The molecule has 26 heavy (non-hydrogen) atoms. The summed E-state index contributed by atoms with van der Waals surface area (Å²) in [5.74, 6) is 2.16. The van der Waals surface area contributed by atoms with E-state index in [4.69, 9.17) is 37.4 Å². The zero-order valence-corrected chi connectivity index (χ0v) is 15.6. The first-order chi connectivity index (χ1) is 12.7. The molecule has 1 aromatic heterocycles. The number of aromatic nitrogens is 2. The van der Waals surface area contributed by atoms with E-state index in [0.717, 1.165) is 11.3 Å². The van der Waals surface area contributed by atoms with Crippen LogP contribution in [0.1, 0.15) is 17.5 Å². The number of methoxy groups -OCH3 is 1. The number of hydrogen-bond donors (Lipinski definition) is 1. The summed E-state index contributed by atoms with van der Waals surface area (Å²) in [6.07, 6.45) is 3.64. The van der Waals surface area contributed by atoms with E-state index in [0.29, 0.717) is 28.0 Å². The van der Waals surface area contributed by atoms with Crippen LogP contribution in [0.3, 0.4) is 0 Å². The van der Waals surface area contributed by atoms with Gasteiger partial charge in [-0.3, -0.25) is 0 Å². The summed E-state index contributed by atoms with van der Waals surface area (Å²) in [6, 6.07) is 12.7. The molecular weight excluding hydrogens is 375 g/mol. The Labute approximate surface area is 161 Å². The third-order valence-corrected chi connectivity index (χ3v) is 4.39. The lowest BCUT2D eigenvalue weighted by molar-refractivity contribution is -0.0406. The van der Waals surface area contributed by atoms with E-state index in [1.807, 2.05) is 30.3 Å². The standard InChI is InChI=1S/C19H18Cl2N2O3/c1-24-15-4-6-16(7-5-15)25-12-26-18(19-22-8-9-23-19)10-13-2-3-14(20)11-17(13)21/h2-9,11,18H,10,12H2,1H3,(H,22,23). The van der Waals surface area contributed by atoms with Gasteiger partial charge in [-0.25, -0.2) is 4.98 Å². The van der Waals surface area contributed by atoms with Crippen LogP contribution in [0.2, 0.25) is 10.0 Å². The van der Waals surface area contributed by atoms with Crippen LogP contribution in [0.25, 0.3) is 0 Å². The highest BCUT2D eigenvalue weighted by Crippen LogP contribution is 2.27. The van der Waals surface area contributed by atoms with Gasteiger partial charge in [-0.15, -0.1) is 0 Å². The highest BCUT2D eigenvalue weighted by molar-refractivity contribution is 6.35. The Bertz CT molecular complexity index is 823. The monoisotopic (exact) mass is 392 g/mol. The molecule has 0 fully saturated rings. The van der Waals surface area contributed by atoms with Crippen LogP contribution in [-0.2, 0) is 11.2 Å². The third kappa shape index (κ3) is 4.91. The molecule has 0 aliphatic carbocycles. The normalized spacial score (nSPS) is 12.0. The van der Waals surface area contributed by atoms with Crippen molar-refractivity contribution in [3.05, 3.63) is 76.3 Å². The van der Waals surface area contributed by atoms with Gasteiger partial charge >= 0.3 is 0 Å². The molecule has 0 spiro atoms. The first-order valence-corrected chi connectivity index (χ1v) is 8.73. The average Bonchev–Trinajstić information content (AvgIpc) is 3.18. The fourth-order valence-electron chi connectivity index (χ4n) is 2.43. The van der Waals surface area contributed by atoms with Crippen molar-refractivity contribution in [1.82, 2.24) is 9.97 Å². The van der Waals surface area contributed by atoms with Crippen molar-refractivity contribution < 1.29 is 14.2 Å². The molecular formula is C19H18Cl2N2O3. The van der Waals surface area contributed by atoms with Gasteiger partial charge in [0.25, 0.3) is 0 Å². The summed E-state index contributed by atoms with van der Waals surface area (Å²) in [6.45, 7) is 0.0723. The number of halogens is 2. The molecule has 0 amide bonds. The second-order valence-corrected chi connectivity index (χ2v) is 6.35. The Morgan fingerprint density at radius 2 is 1.85 bits per heavy atom. The highest BCUT2D eigenvalue weighted by atomic mass is 35.5. The van der Waals surface area contributed by atoms with Crippen LogP contribution in [0.5, 0.6) is 11.5 Å². The summed E-state index contributed by atoms with van der Waals surface area (Å²) in [5.41, 5.74) is 0.918. The highest BCUT2D eigenvalue weighted by Gasteiger charge is 2.17. The topological polar surface area (TPSA) is 56.4 Å². The number of hydrogen-bond acceptors (Lipinski definition) is 4. The molecule has 0 bridgehead atoms. The van der Waals surface area contributed by atoms with E-state index in [9.17, 15) is 0 Å². The van der Waals surface area contributed by atoms with Crippen molar-refractivity contribution in [2.75, 3.05) is 13.9 Å². The molecule has 2 aromatic carbocycles. The number of H-pyrrole nitrogens is 1. The van der Waals surface area contributed by atoms with E-state index in [-0.39, 0.29) is 12.9 Å². The molecule has 1 N–H and O–H groups in total. The van der Waals surface area contributed by atoms with Gasteiger partial charge in [0.2, 0.25) is 0 Å². The van der Waals surface area contributed by atoms with Gasteiger partial charge in [0.15, 0.2) is 6.79 Å². The van der Waals surface area contributed by atoms with Gasteiger partial charge in [0.1, 0.15) is 23.4 Å². The Balaban J connectivity index is 1.64. The molecule has 7 heteroatoms. The Morgan fingerprint density at radius 3 is 2.50 bits per heavy atom. The average molecular weight is 393 g/mol. The summed E-state index contributed by atoms with van der Waals surface area (Å²) in [5, 5.41) is 1.19. The first-order valence-electron chi connectivity index (χ1n) is 7.97. The van der Waals surface area contributed by atoms with Crippen molar-refractivity contribution in [1.29, 1.82) is 0 Å². The van der Waals surface area contributed by atoms with Gasteiger partial charge in [-0.2, -0.15) is 0 Å². The zero-order chi connectivity index (χ0) is 18.4. The molecule has 1 heterocycles. The van der Waals surface area contributed by atoms with Crippen molar-refractivity contribution in [3.8, 4) is 11.5 Å². The van der Waals surface area contributed by atoms with Crippen molar-refractivity contribution >= 4 is 23.2 Å². The van der Waals surface area contributed by atoms with Gasteiger partial charge in [-0.05, 0) is 42.0 Å². The molecule has 0 aliphatic rings. The molecule has 3 rings (SSSR count). The lowest BCUT2D eigenvalue weighted by Gasteiger charge is -2.17. The summed E-state index contributed by atoms with van der Waals surface area (Å²) in [4.78, 5) is 7.36. The van der Waals surface area contributed by atoms with E-state index in [1.165, 1.54) is 0 Å². The summed E-state index contributed by atoms with van der Waals surface area (Å²) < 4.78 is 16.7. The second-order valence-electron chi connectivity index (χ2n) is 5.51. The molecule has 1 unspecified atom stereocenters. The molecule has 136 valence electrons. The molecule has 0 radical (unpaired) electrons. The van der Waals surface area contributed by atoms with Crippen LogP contribution in [0, 0.1) is 0 Å². The number of benzene rings is 2. The number of ether oxygens (including phenoxy) is 3. The zero-order valence-electron chi connectivity index (χ0n) is 14.1. The number of rotatable bonds is 8. The molecule has 0 saturated carbocycles. The molecule has 5 nitrogen and oxygen atoms in total. The molecule has 1 atom stereocenters. The number of imidazole rings is 1. The summed E-state index contributed by atoms with van der Waals surface area (Å²) >= 11 is 12.2. The van der Waals surface area contributed by atoms with Gasteiger partial charge < -0.3 is 19.2 Å². The SMILES string of the molecule is COc1ccc(OCOC(Cc2ccc(Cl)cc2Cl)c2ncc[nH]2)cc1. The largest absolute Gasteiger partial charge is 0.497 e. The Morgan fingerprint density at radius 1 is 1.08 bits per heavy atom. The molecule has 0 aliphatic heterocycles. The van der Waals surface area contributed by atoms with E-state index < -0.39 is 0 Å². The maximum atomic E-state index is 6.28. The van der Waals surface area contributed by atoms with E-state index >= 15 is 0 Å². The first kappa shape index (κ1) is 18.6. The Kier molecular flexibility index (Phi) is 6.39. The van der Waals surface area contributed by atoms with Crippen molar-refractivity contribution in [2.24, 2.45) is 0 Å². The van der Waals surface area contributed by atoms with Crippen molar-refractivity contribution in [2.45, 2.75) is 12.5 Å². The maximum absolute atomic E-state index is 6.28.